The van der Waals surface area contributed by atoms with Crippen molar-refractivity contribution >= 4 is 5.91 Å². The number of likely N-dealkylation sites (N-methyl/N-ethyl adjacent to an activating group) is 1. The summed E-state index contributed by atoms with van der Waals surface area (Å²) in [5.41, 5.74) is 0. The molecule has 1 aromatic heterocycles. The van der Waals surface area contributed by atoms with Gasteiger partial charge in [0.2, 0.25) is 5.91 Å². The van der Waals surface area contributed by atoms with Crippen molar-refractivity contribution in [1.82, 2.24) is 9.80 Å². The number of hydrogen-bond acceptors (Lipinski definition) is 4. The van der Waals surface area contributed by atoms with Crippen molar-refractivity contribution in [3.8, 4) is 0 Å². The van der Waals surface area contributed by atoms with E-state index in [1.54, 1.807) is 30.4 Å². The second kappa shape index (κ2) is 7.68. The lowest BCUT2D eigenvalue weighted by atomic mass is 10.3. The predicted octanol–water partition coefficient (Wildman–Crippen LogP) is 0.718. The van der Waals surface area contributed by atoms with Gasteiger partial charge in [-0.1, -0.05) is 6.08 Å². The smallest absolute Gasteiger partial charge is 0.236 e. The first-order valence-corrected chi connectivity index (χ1v) is 5.87. The number of nitrogens with zero attached hydrogens (tertiary/aromatic N) is 2. The van der Waals surface area contributed by atoms with Gasteiger partial charge in [0.25, 0.3) is 0 Å². The van der Waals surface area contributed by atoms with Gasteiger partial charge in [0.1, 0.15) is 5.76 Å². The van der Waals surface area contributed by atoms with Crippen molar-refractivity contribution in [3.63, 3.8) is 0 Å². The summed E-state index contributed by atoms with van der Waals surface area (Å²) in [6, 6.07) is 3.63. The van der Waals surface area contributed by atoms with Crippen molar-refractivity contribution in [3.05, 3.63) is 36.8 Å². The molecule has 5 nitrogen and oxygen atoms in total. The molecule has 0 aliphatic heterocycles. The van der Waals surface area contributed by atoms with Crippen LogP contribution >= 0.6 is 0 Å². The molecule has 5 heteroatoms. The van der Waals surface area contributed by atoms with E-state index in [0.29, 0.717) is 19.6 Å². The summed E-state index contributed by atoms with van der Waals surface area (Å²) in [5.74, 6) is 0.741. The number of carbonyl (C=O) groups excluding carboxylic acids is 1. The summed E-state index contributed by atoms with van der Waals surface area (Å²) in [5, 5.41) is 8.91. The van der Waals surface area contributed by atoms with Crippen LogP contribution in [0.4, 0.5) is 0 Å². The maximum Gasteiger partial charge on any atom is 0.236 e. The third-order valence-electron chi connectivity index (χ3n) is 2.56. The Morgan fingerprint density at radius 2 is 2.39 bits per heavy atom. The van der Waals surface area contributed by atoms with E-state index in [2.05, 4.69) is 6.58 Å². The van der Waals surface area contributed by atoms with Gasteiger partial charge in [0, 0.05) is 20.1 Å². The fraction of sp³-hybridized carbons (Fsp3) is 0.462. The normalized spacial score (nSPS) is 10.6. The fourth-order valence-electron chi connectivity index (χ4n) is 1.60. The van der Waals surface area contributed by atoms with Crippen molar-refractivity contribution in [2.45, 2.75) is 6.54 Å². The molecule has 0 unspecified atom stereocenters. The van der Waals surface area contributed by atoms with Gasteiger partial charge < -0.3 is 14.4 Å². The van der Waals surface area contributed by atoms with Crippen LogP contribution in [0.1, 0.15) is 5.76 Å². The Labute approximate surface area is 107 Å². The Bertz CT molecular complexity index is 362. The number of furan rings is 1. The van der Waals surface area contributed by atoms with Crippen LogP contribution in [-0.2, 0) is 11.3 Å². The van der Waals surface area contributed by atoms with Gasteiger partial charge in [0.15, 0.2) is 0 Å². The SMILES string of the molecule is C=CCN(CCO)CC(=O)N(C)Cc1ccco1. The van der Waals surface area contributed by atoms with E-state index in [9.17, 15) is 4.79 Å². The van der Waals surface area contributed by atoms with Crippen molar-refractivity contribution in [2.24, 2.45) is 0 Å². The molecule has 0 fully saturated rings. The topological polar surface area (TPSA) is 56.9 Å². The molecule has 1 amide bonds. The molecule has 0 aliphatic rings. The largest absolute Gasteiger partial charge is 0.467 e. The van der Waals surface area contributed by atoms with Crippen LogP contribution < -0.4 is 0 Å². The number of rotatable bonds is 8. The van der Waals surface area contributed by atoms with Crippen LogP contribution in [0.15, 0.2) is 35.5 Å². The molecule has 0 radical (unpaired) electrons. The second-order valence-electron chi connectivity index (χ2n) is 4.08. The van der Waals surface area contributed by atoms with Gasteiger partial charge in [-0.25, -0.2) is 0 Å². The van der Waals surface area contributed by atoms with Gasteiger partial charge in [-0.3, -0.25) is 9.69 Å². The molecule has 0 spiro atoms. The Kier molecular flexibility index (Phi) is 6.18. The first-order valence-electron chi connectivity index (χ1n) is 5.87. The molecule has 0 saturated carbocycles. The van der Waals surface area contributed by atoms with Crippen molar-refractivity contribution < 1.29 is 14.3 Å². The molecule has 0 bridgehead atoms. The monoisotopic (exact) mass is 252 g/mol. The predicted molar refractivity (Wildman–Crippen MR) is 68.9 cm³/mol. The maximum absolute atomic E-state index is 12.0. The van der Waals surface area contributed by atoms with Crippen LogP contribution in [0.5, 0.6) is 0 Å². The van der Waals surface area contributed by atoms with Gasteiger partial charge in [-0.05, 0) is 12.1 Å². The molecule has 0 atom stereocenters. The van der Waals surface area contributed by atoms with Gasteiger partial charge in [-0.2, -0.15) is 0 Å². The Morgan fingerprint density at radius 3 is 2.94 bits per heavy atom. The zero-order valence-electron chi connectivity index (χ0n) is 10.7. The zero-order valence-corrected chi connectivity index (χ0v) is 10.7. The molecule has 0 aromatic carbocycles. The van der Waals surface area contributed by atoms with E-state index in [-0.39, 0.29) is 19.1 Å². The average Bonchev–Trinajstić information content (AvgIpc) is 2.82. The Balaban J connectivity index is 2.44. The lowest BCUT2D eigenvalue weighted by Crippen LogP contribution is -2.39. The number of carbonyl (C=O) groups is 1. The standard InChI is InChI=1S/C13H20N2O3/c1-3-6-15(7-8-16)11-13(17)14(2)10-12-5-4-9-18-12/h3-5,9,16H,1,6-8,10-11H2,2H3. The molecular weight excluding hydrogens is 232 g/mol. The van der Waals surface area contributed by atoms with Crippen molar-refractivity contribution in [1.29, 1.82) is 0 Å². The molecule has 18 heavy (non-hydrogen) atoms. The quantitative estimate of drug-likeness (QED) is 0.693. The van der Waals surface area contributed by atoms with Crippen LogP contribution in [0, 0.1) is 0 Å². The summed E-state index contributed by atoms with van der Waals surface area (Å²) < 4.78 is 5.19. The summed E-state index contributed by atoms with van der Waals surface area (Å²) in [7, 11) is 1.73. The number of aliphatic hydroxyl groups is 1. The molecular formula is C13H20N2O3. The molecule has 1 N–H and O–H groups in total. The van der Waals surface area contributed by atoms with E-state index >= 15 is 0 Å². The zero-order chi connectivity index (χ0) is 13.4. The van der Waals surface area contributed by atoms with Crippen LogP contribution in [0.3, 0.4) is 0 Å². The molecule has 1 rings (SSSR count). The van der Waals surface area contributed by atoms with E-state index in [1.165, 1.54) is 0 Å². The Morgan fingerprint density at radius 1 is 1.61 bits per heavy atom. The average molecular weight is 252 g/mol. The number of aliphatic hydroxyl groups excluding tert-OH is 1. The second-order valence-corrected chi connectivity index (χ2v) is 4.08. The minimum atomic E-state index is -0.0123. The highest BCUT2D eigenvalue weighted by atomic mass is 16.3. The number of amides is 1. The minimum Gasteiger partial charge on any atom is -0.467 e. The fourth-order valence-corrected chi connectivity index (χ4v) is 1.60. The summed E-state index contributed by atoms with van der Waals surface area (Å²) in [4.78, 5) is 15.4. The van der Waals surface area contributed by atoms with Crippen LogP contribution in [0.2, 0.25) is 0 Å². The summed E-state index contributed by atoms with van der Waals surface area (Å²) >= 11 is 0. The van der Waals surface area contributed by atoms with E-state index in [0.717, 1.165) is 5.76 Å². The van der Waals surface area contributed by atoms with Crippen molar-refractivity contribution in [2.75, 3.05) is 33.3 Å². The number of hydrogen-bond donors (Lipinski definition) is 1. The lowest BCUT2D eigenvalue weighted by molar-refractivity contribution is -0.131. The van der Waals surface area contributed by atoms with E-state index < -0.39 is 0 Å². The highest BCUT2D eigenvalue weighted by Crippen LogP contribution is 2.04. The summed E-state index contributed by atoms with van der Waals surface area (Å²) in [6.45, 7) is 5.43. The molecule has 0 aliphatic carbocycles. The van der Waals surface area contributed by atoms with E-state index in [1.807, 2.05) is 11.0 Å². The Hall–Kier alpha value is -1.59. The molecule has 0 saturated heterocycles. The molecule has 1 aromatic rings. The highest BCUT2D eigenvalue weighted by molar-refractivity contribution is 5.77. The third kappa shape index (κ3) is 4.73. The maximum atomic E-state index is 12.0. The van der Waals surface area contributed by atoms with Gasteiger partial charge in [-0.15, -0.1) is 6.58 Å². The minimum absolute atomic E-state index is 0.0123. The van der Waals surface area contributed by atoms with Crippen LogP contribution in [0.25, 0.3) is 0 Å². The lowest BCUT2D eigenvalue weighted by Gasteiger charge is -2.22. The van der Waals surface area contributed by atoms with Crippen LogP contribution in [-0.4, -0.2) is 54.1 Å². The first-order chi connectivity index (χ1) is 8.67. The highest BCUT2D eigenvalue weighted by Gasteiger charge is 2.14. The van der Waals surface area contributed by atoms with E-state index in [4.69, 9.17) is 9.52 Å². The third-order valence-corrected chi connectivity index (χ3v) is 2.56. The van der Waals surface area contributed by atoms with Gasteiger partial charge in [0.05, 0.1) is 26.0 Å². The summed E-state index contributed by atoms with van der Waals surface area (Å²) in [6.07, 6.45) is 3.30. The van der Waals surface area contributed by atoms with Gasteiger partial charge >= 0.3 is 0 Å². The molecule has 1 heterocycles. The first kappa shape index (κ1) is 14.5. The molecule has 100 valence electrons.